The SMILES string of the molecule is CC(C)[C@H](NC(=O)OC(C)(C)C)C(=O)N[C@@H](C)C(=O)Nc1ccc(COC(=O)N(C)C(C)(C)COC(=O)Oc2ccc([N+](=O)[O-])cc2)cc1. The van der Waals surface area contributed by atoms with E-state index in [-0.39, 0.29) is 30.6 Å². The number of nitro groups is 1. The Balaban J connectivity index is 1.84. The molecule has 2 aromatic carbocycles. The lowest BCUT2D eigenvalue weighted by atomic mass is 10.0. The minimum absolute atomic E-state index is 0.0532. The van der Waals surface area contributed by atoms with Crippen molar-refractivity contribution in [2.75, 3.05) is 19.0 Å². The molecule has 16 nitrogen and oxygen atoms in total. The van der Waals surface area contributed by atoms with Gasteiger partial charge in [0.05, 0.1) is 10.5 Å². The summed E-state index contributed by atoms with van der Waals surface area (Å²) in [4.78, 5) is 74.1. The third-order valence-electron chi connectivity index (χ3n) is 6.93. The number of hydrogen-bond acceptors (Lipinski definition) is 11. The number of alkyl carbamates (subject to hydrolysis) is 1. The molecule has 0 spiro atoms. The van der Waals surface area contributed by atoms with Crippen LogP contribution >= 0.6 is 0 Å². The average Bonchev–Trinajstić information content (AvgIpc) is 3.01. The van der Waals surface area contributed by atoms with Crippen molar-refractivity contribution in [1.29, 1.82) is 0 Å². The number of anilines is 1. The van der Waals surface area contributed by atoms with Gasteiger partial charge in [-0.15, -0.1) is 0 Å². The molecular weight excluding hydrogens is 642 g/mol. The Morgan fingerprint density at radius 1 is 0.857 bits per heavy atom. The van der Waals surface area contributed by atoms with Crippen LogP contribution in [0.2, 0.25) is 0 Å². The summed E-state index contributed by atoms with van der Waals surface area (Å²) in [7, 11) is 1.48. The van der Waals surface area contributed by atoms with E-state index in [0.717, 1.165) is 0 Å². The zero-order valence-electron chi connectivity index (χ0n) is 29.2. The van der Waals surface area contributed by atoms with Gasteiger partial charge in [-0.3, -0.25) is 19.7 Å². The third-order valence-corrected chi connectivity index (χ3v) is 6.93. The van der Waals surface area contributed by atoms with Crippen LogP contribution in [0.25, 0.3) is 0 Å². The molecule has 0 aliphatic rings. The minimum Gasteiger partial charge on any atom is -0.445 e. The topological polar surface area (TPSA) is 205 Å². The largest absolute Gasteiger partial charge is 0.513 e. The van der Waals surface area contributed by atoms with Crippen LogP contribution in [0.5, 0.6) is 5.75 Å². The normalized spacial score (nSPS) is 12.5. The van der Waals surface area contributed by atoms with Gasteiger partial charge in [-0.05, 0) is 77.3 Å². The van der Waals surface area contributed by atoms with Gasteiger partial charge in [0, 0.05) is 24.9 Å². The molecule has 4 amide bonds. The van der Waals surface area contributed by atoms with Crippen LogP contribution < -0.4 is 20.7 Å². The van der Waals surface area contributed by atoms with E-state index >= 15 is 0 Å². The summed E-state index contributed by atoms with van der Waals surface area (Å²) in [6.45, 7) is 13.1. The van der Waals surface area contributed by atoms with Crippen LogP contribution in [0, 0.1) is 16.0 Å². The van der Waals surface area contributed by atoms with Crippen LogP contribution in [0.15, 0.2) is 48.5 Å². The number of nitrogens with zero attached hydrogens (tertiary/aromatic N) is 2. The van der Waals surface area contributed by atoms with Gasteiger partial charge in [-0.1, -0.05) is 26.0 Å². The summed E-state index contributed by atoms with van der Waals surface area (Å²) in [5.41, 5.74) is -0.840. The van der Waals surface area contributed by atoms with Gasteiger partial charge in [0.1, 0.15) is 36.6 Å². The molecule has 0 fully saturated rings. The molecule has 0 unspecified atom stereocenters. The summed E-state index contributed by atoms with van der Waals surface area (Å²) >= 11 is 0. The van der Waals surface area contributed by atoms with Crippen molar-refractivity contribution in [2.45, 2.75) is 85.2 Å². The second-order valence-electron chi connectivity index (χ2n) is 13.1. The Hall–Kier alpha value is -5.41. The number of carbonyl (C=O) groups excluding carboxylic acids is 5. The molecule has 0 heterocycles. The highest BCUT2D eigenvalue weighted by molar-refractivity contribution is 5.98. The fourth-order valence-electron chi connectivity index (χ4n) is 3.86. The first-order valence-corrected chi connectivity index (χ1v) is 15.4. The molecule has 0 bridgehead atoms. The number of benzene rings is 2. The summed E-state index contributed by atoms with van der Waals surface area (Å²) < 4.78 is 20.8. The van der Waals surface area contributed by atoms with Gasteiger partial charge in [0.25, 0.3) is 5.69 Å². The lowest BCUT2D eigenvalue weighted by Gasteiger charge is -2.33. The lowest BCUT2D eigenvalue weighted by Crippen LogP contribution is -2.54. The molecule has 16 heteroatoms. The van der Waals surface area contributed by atoms with Gasteiger partial charge in [0.2, 0.25) is 11.8 Å². The van der Waals surface area contributed by atoms with Crippen molar-refractivity contribution < 1.29 is 47.8 Å². The fourth-order valence-corrected chi connectivity index (χ4v) is 3.86. The average molecular weight is 688 g/mol. The van der Waals surface area contributed by atoms with E-state index in [0.29, 0.717) is 11.3 Å². The van der Waals surface area contributed by atoms with Crippen LogP contribution in [-0.2, 0) is 30.4 Å². The van der Waals surface area contributed by atoms with Crippen LogP contribution in [0.3, 0.4) is 0 Å². The summed E-state index contributed by atoms with van der Waals surface area (Å²) in [6.07, 6.45) is -2.49. The van der Waals surface area contributed by atoms with Gasteiger partial charge in [0.15, 0.2) is 0 Å². The Morgan fingerprint density at radius 2 is 1.45 bits per heavy atom. The van der Waals surface area contributed by atoms with E-state index in [1.807, 2.05) is 0 Å². The van der Waals surface area contributed by atoms with Gasteiger partial charge >= 0.3 is 18.3 Å². The first kappa shape index (κ1) is 39.8. The lowest BCUT2D eigenvalue weighted by molar-refractivity contribution is -0.384. The number of carbonyl (C=O) groups is 5. The van der Waals surface area contributed by atoms with E-state index in [1.165, 1.54) is 43.1 Å². The Bertz CT molecular complexity index is 1490. The molecule has 2 atom stereocenters. The van der Waals surface area contributed by atoms with E-state index in [4.69, 9.17) is 18.9 Å². The van der Waals surface area contributed by atoms with Gasteiger partial charge in [-0.2, -0.15) is 0 Å². The number of ether oxygens (including phenoxy) is 4. The van der Waals surface area contributed by atoms with E-state index < -0.39 is 58.3 Å². The molecule has 0 saturated carbocycles. The monoisotopic (exact) mass is 687 g/mol. The van der Waals surface area contributed by atoms with Crippen molar-refractivity contribution in [3.63, 3.8) is 0 Å². The molecule has 0 aliphatic heterocycles. The zero-order valence-corrected chi connectivity index (χ0v) is 29.2. The van der Waals surface area contributed by atoms with Crippen LogP contribution in [0.1, 0.15) is 61.0 Å². The van der Waals surface area contributed by atoms with Gasteiger partial charge < -0.3 is 39.8 Å². The van der Waals surface area contributed by atoms with Crippen molar-refractivity contribution in [3.8, 4) is 5.75 Å². The molecule has 2 aromatic rings. The van der Waals surface area contributed by atoms with E-state index in [1.54, 1.807) is 72.7 Å². The Morgan fingerprint density at radius 3 is 1.98 bits per heavy atom. The molecule has 0 radical (unpaired) electrons. The minimum atomic E-state index is -1.05. The number of hydrogen-bond donors (Lipinski definition) is 3. The maximum absolute atomic E-state index is 12.8. The number of nitrogens with one attached hydrogen (secondary N) is 3. The molecule has 3 N–H and O–H groups in total. The molecular formula is C33H45N5O11. The zero-order chi connectivity index (χ0) is 37.1. The quantitative estimate of drug-likeness (QED) is 0.0826. The summed E-state index contributed by atoms with van der Waals surface area (Å²) in [5, 5.41) is 18.6. The van der Waals surface area contributed by atoms with E-state index in [2.05, 4.69) is 16.0 Å². The van der Waals surface area contributed by atoms with Crippen molar-refractivity contribution in [3.05, 3.63) is 64.2 Å². The highest BCUT2D eigenvalue weighted by Crippen LogP contribution is 2.20. The second kappa shape index (κ2) is 17.1. The number of likely N-dealkylation sites (N-methyl/N-ethyl adjacent to an activating group) is 1. The third kappa shape index (κ3) is 13.3. The van der Waals surface area contributed by atoms with Crippen molar-refractivity contribution in [1.82, 2.24) is 15.5 Å². The number of amides is 4. The highest BCUT2D eigenvalue weighted by atomic mass is 16.7. The Kier molecular flexibility index (Phi) is 13.9. The first-order chi connectivity index (χ1) is 22.7. The summed E-state index contributed by atoms with van der Waals surface area (Å²) in [5.74, 6) is -1.25. The number of rotatable bonds is 13. The molecule has 0 saturated heterocycles. The van der Waals surface area contributed by atoms with Gasteiger partial charge in [-0.25, -0.2) is 14.4 Å². The van der Waals surface area contributed by atoms with Crippen molar-refractivity contribution >= 4 is 41.5 Å². The standard InChI is InChI=1S/C33H45N5O11/c1-20(2)26(36-29(41)49-32(4,5)6)28(40)34-21(3)27(39)35-23-12-10-22(11-13-23)18-46-30(42)37(9)33(7,8)19-47-31(43)48-25-16-14-24(15-17-25)38(44)45/h10-17,20-21,26H,18-19H2,1-9H3,(H,34,40)(H,35,39)(H,36,41)/t21-,26-/m0/s1. The fraction of sp³-hybridized carbons (Fsp3) is 0.485. The molecule has 2 rings (SSSR count). The molecule has 268 valence electrons. The smallest absolute Gasteiger partial charge is 0.445 e. The predicted octanol–water partition coefficient (Wildman–Crippen LogP) is 5.15. The molecule has 49 heavy (non-hydrogen) atoms. The Labute approximate surface area is 284 Å². The molecule has 0 aromatic heterocycles. The number of nitro benzene ring substituents is 1. The predicted molar refractivity (Wildman–Crippen MR) is 178 cm³/mol. The number of non-ortho nitro benzene ring substituents is 1. The van der Waals surface area contributed by atoms with Crippen LogP contribution in [-0.4, -0.2) is 76.9 Å². The van der Waals surface area contributed by atoms with E-state index in [9.17, 15) is 34.1 Å². The van der Waals surface area contributed by atoms with Crippen molar-refractivity contribution in [2.24, 2.45) is 5.92 Å². The highest BCUT2D eigenvalue weighted by Gasteiger charge is 2.31. The first-order valence-electron chi connectivity index (χ1n) is 15.4. The maximum Gasteiger partial charge on any atom is 0.513 e. The van der Waals surface area contributed by atoms with Crippen LogP contribution in [0.4, 0.5) is 25.8 Å². The maximum atomic E-state index is 12.8. The molecule has 0 aliphatic carbocycles. The second-order valence-corrected chi connectivity index (χ2v) is 13.1. The summed E-state index contributed by atoms with van der Waals surface area (Å²) in [6, 6.07) is 9.53.